The quantitative estimate of drug-likeness (QED) is 0.528. The van der Waals surface area contributed by atoms with Gasteiger partial charge in [-0.3, -0.25) is 9.20 Å². The molecule has 0 spiro atoms. The standard InChI is InChI=1S/C18H13BrFN5O2/c1-9-16(27-10(2)22-9)17(26)23-12-3-4-14(20)13(5-12)15-8-25-7-11(19)6-21-18(25)24-15/h3-8H,1-2H3,(H,23,26). The first-order valence-electron chi connectivity index (χ1n) is 7.96. The van der Waals surface area contributed by atoms with Gasteiger partial charge in [0.1, 0.15) is 5.82 Å². The van der Waals surface area contributed by atoms with Crippen molar-refractivity contribution in [1.82, 2.24) is 19.4 Å². The maximum atomic E-state index is 14.4. The summed E-state index contributed by atoms with van der Waals surface area (Å²) < 4.78 is 22.1. The summed E-state index contributed by atoms with van der Waals surface area (Å²) in [5, 5.41) is 2.70. The number of aromatic nitrogens is 4. The van der Waals surface area contributed by atoms with E-state index in [4.69, 9.17) is 4.42 Å². The fourth-order valence-corrected chi connectivity index (χ4v) is 3.04. The van der Waals surface area contributed by atoms with Crippen molar-refractivity contribution in [2.45, 2.75) is 13.8 Å². The number of hydrogen-bond donors (Lipinski definition) is 1. The van der Waals surface area contributed by atoms with E-state index in [1.807, 2.05) is 0 Å². The molecule has 0 atom stereocenters. The number of halogens is 2. The third kappa shape index (κ3) is 3.33. The summed E-state index contributed by atoms with van der Waals surface area (Å²) in [5.74, 6) is 0.0594. The van der Waals surface area contributed by atoms with Crippen LogP contribution in [0, 0.1) is 19.7 Å². The van der Waals surface area contributed by atoms with E-state index in [1.54, 1.807) is 36.8 Å². The van der Waals surface area contributed by atoms with Crippen LogP contribution in [-0.2, 0) is 0 Å². The zero-order valence-corrected chi connectivity index (χ0v) is 15.9. The Labute approximate surface area is 161 Å². The SMILES string of the molecule is Cc1nc(C)c(C(=O)Nc2ccc(F)c(-c3cn4cc(Br)cnc4n3)c2)o1. The molecule has 0 aliphatic rings. The second-order valence-electron chi connectivity index (χ2n) is 5.90. The van der Waals surface area contributed by atoms with Gasteiger partial charge in [0.15, 0.2) is 5.89 Å². The number of carbonyl (C=O) groups is 1. The third-order valence-electron chi connectivity index (χ3n) is 3.89. The number of nitrogens with zero attached hydrogens (tertiary/aromatic N) is 4. The van der Waals surface area contributed by atoms with Gasteiger partial charge in [0, 0.05) is 36.8 Å². The molecule has 0 saturated carbocycles. The van der Waals surface area contributed by atoms with Crippen LogP contribution in [0.2, 0.25) is 0 Å². The molecule has 4 rings (SSSR count). The topological polar surface area (TPSA) is 85.3 Å². The summed E-state index contributed by atoms with van der Waals surface area (Å²) in [5.41, 5.74) is 1.56. The van der Waals surface area contributed by atoms with Crippen LogP contribution in [0.3, 0.4) is 0 Å². The molecule has 1 amide bonds. The van der Waals surface area contributed by atoms with Crippen molar-refractivity contribution in [3.05, 3.63) is 64.4 Å². The van der Waals surface area contributed by atoms with E-state index in [2.05, 4.69) is 36.2 Å². The molecule has 3 aromatic heterocycles. The van der Waals surface area contributed by atoms with Gasteiger partial charge in [0.05, 0.1) is 15.9 Å². The zero-order valence-electron chi connectivity index (χ0n) is 14.3. The molecular formula is C18H13BrFN5O2. The lowest BCUT2D eigenvalue weighted by atomic mass is 10.1. The number of anilines is 1. The van der Waals surface area contributed by atoms with Crippen LogP contribution in [0.25, 0.3) is 17.0 Å². The summed E-state index contributed by atoms with van der Waals surface area (Å²) in [6.07, 6.45) is 5.05. The van der Waals surface area contributed by atoms with Crippen LogP contribution >= 0.6 is 15.9 Å². The Morgan fingerprint density at radius 1 is 1.26 bits per heavy atom. The molecule has 0 unspecified atom stereocenters. The van der Waals surface area contributed by atoms with Gasteiger partial charge in [-0.1, -0.05) is 0 Å². The van der Waals surface area contributed by atoms with Gasteiger partial charge in [0.25, 0.3) is 5.91 Å². The largest absolute Gasteiger partial charge is 0.436 e. The maximum Gasteiger partial charge on any atom is 0.293 e. The lowest BCUT2D eigenvalue weighted by molar-refractivity contribution is 0.0994. The highest BCUT2D eigenvalue weighted by molar-refractivity contribution is 9.10. The molecule has 136 valence electrons. The van der Waals surface area contributed by atoms with Crippen molar-refractivity contribution in [3.8, 4) is 11.3 Å². The highest BCUT2D eigenvalue weighted by Crippen LogP contribution is 2.26. The molecule has 0 fully saturated rings. The van der Waals surface area contributed by atoms with E-state index in [1.165, 1.54) is 18.2 Å². The highest BCUT2D eigenvalue weighted by Gasteiger charge is 2.17. The zero-order chi connectivity index (χ0) is 19.1. The average Bonchev–Trinajstić information content (AvgIpc) is 3.18. The molecule has 7 nitrogen and oxygen atoms in total. The Hall–Kier alpha value is -3.07. The normalized spacial score (nSPS) is 11.1. The molecule has 0 aliphatic carbocycles. The summed E-state index contributed by atoms with van der Waals surface area (Å²) in [6.45, 7) is 3.35. The van der Waals surface area contributed by atoms with Crippen LogP contribution in [-0.4, -0.2) is 25.3 Å². The van der Waals surface area contributed by atoms with Crippen molar-refractivity contribution >= 4 is 33.3 Å². The van der Waals surface area contributed by atoms with E-state index in [0.717, 1.165) is 4.47 Å². The molecular weight excluding hydrogens is 417 g/mol. The minimum absolute atomic E-state index is 0.125. The number of imidazole rings is 1. The molecule has 0 radical (unpaired) electrons. The van der Waals surface area contributed by atoms with Crippen molar-refractivity contribution < 1.29 is 13.6 Å². The molecule has 4 aromatic rings. The molecule has 27 heavy (non-hydrogen) atoms. The number of fused-ring (bicyclic) bond motifs is 1. The molecule has 0 saturated heterocycles. The Bertz CT molecular complexity index is 1180. The lowest BCUT2D eigenvalue weighted by Crippen LogP contribution is -2.12. The van der Waals surface area contributed by atoms with Crippen molar-refractivity contribution in [1.29, 1.82) is 0 Å². The first kappa shape index (κ1) is 17.3. The highest BCUT2D eigenvalue weighted by atomic mass is 79.9. The smallest absolute Gasteiger partial charge is 0.293 e. The Morgan fingerprint density at radius 3 is 2.81 bits per heavy atom. The first-order valence-corrected chi connectivity index (χ1v) is 8.75. The van der Waals surface area contributed by atoms with Gasteiger partial charge in [-0.15, -0.1) is 0 Å². The summed E-state index contributed by atoms with van der Waals surface area (Å²) in [6, 6.07) is 4.26. The Morgan fingerprint density at radius 2 is 2.07 bits per heavy atom. The molecule has 3 heterocycles. The number of benzene rings is 1. The van der Waals surface area contributed by atoms with Crippen LogP contribution in [0.1, 0.15) is 22.1 Å². The number of aryl methyl sites for hydroxylation is 2. The monoisotopic (exact) mass is 429 g/mol. The summed E-state index contributed by atoms with van der Waals surface area (Å²) in [7, 11) is 0. The van der Waals surface area contributed by atoms with Crippen LogP contribution in [0.15, 0.2) is 45.7 Å². The summed E-state index contributed by atoms with van der Waals surface area (Å²) >= 11 is 3.33. The molecule has 0 aliphatic heterocycles. The van der Waals surface area contributed by atoms with Crippen LogP contribution in [0.4, 0.5) is 10.1 Å². The van der Waals surface area contributed by atoms with E-state index in [9.17, 15) is 9.18 Å². The van der Waals surface area contributed by atoms with E-state index < -0.39 is 11.7 Å². The molecule has 0 bridgehead atoms. The minimum Gasteiger partial charge on any atom is -0.436 e. The Kier molecular flexibility index (Phi) is 4.23. The van der Waals surface area contributed by atoms with Gasteiger partial charge < -0.3 is 9.73 Å². The number of nitrogens with one attached hydrogen (secondary N) is 1. The second-order valence-corrected chi connectivity index (χ2v) is 6.82. The fourth-order valence-electron chi connectivity index (χ4n) is 2.72. The average molecular weight is 430 g/mol. The number of oxazole rings is 1. The Balaban J connectivity index is 1.68. The minimum atomic E-state index is -0.456. The van der Waals surface area contributed by atoms with Gasteiger partial charge in [0.2, 0.25) is 11.5 Å². The number of hydrogen-bond acceptors (Lipinski definition) is 5. The van der Waals surface area contributed by atoms with Crippen LogP contribution in [0.5, 0.6) is 0 Å². The molecule has 9 heteroatoms. The first-order chi connectivity index (χ1) is 12.9. The fraction of sp³-hybridized carbons (Fsp3) is 0.111. The predicted molar refractivity (Wildman–Crippen MR) is 100 cm³/mol. The number of carbonyl (C=O) groups excluding carboxylic acids is 1. The van der Waals surface area contributed by atoms with Crippen molar-refractivity contribution in [2.75, 3.05) is 5.32 Å². The summed E-state index contributed by atoms with van der Waals surface area (Å²) in [4.78, 5) is 25.0. The van der Waals surface area contributed by atoms with Gasteiger partial charge in [-0.2, -0.15) is 0 Å². The molecule has 1 aromatic carbocycles. The van der Waals surface area contributed by atoms with E-state index in [0.29, 0.717) is 28.7 Å². The maximum absolute atomic E-state index is 14.4. The van der Waals surface area contributed by atoms with E-state index in [-0.39, 0.29) is 11.3 Å². The van der Waals surface area contributed by atoms with Crippen molar-refractivity contribution in [2.24, 2.45) is 0 Å². The number of rotatable bonds is 3. The second kappa shape index (κ2) is 6.58. The van der Waals surface area contributed by atoms with Gasteiger partial charge in [-0.05, 0) is 41.1 Å². The van der Waals surface area contributed by atoms with Crippen LogP contribution < -0.4 is 5.32 Å². The van der Waals surface area contributed by atoms with Gasteiger partial charge in [-0.25, -0.2) is 19.3 Å². The lowest BCUT2D eigenvalue weighted by Gasteiger charge is -2.06. The number of amides is 1. The predicted octanol–water partition coefficient (Wildman–Crippen LogP) is 4.16. The third-order valence-corrected chi connectivity index (χ3v) is 4.30. The van der Waals surface area contributed by atoms with Crippen molar-refractivity contribution in [3.63, 3.8) is 0 Å². The van der Waals surface area contributed by atoms with E-state index >= 15 is 0 Å². The van der Waals surface area contributed by atoms with Gasteiger partial charge >= 0.3 is 0 Å². The molecule has 1 N–H and O–H groups in total.